The van der Waals surface area contributed by atoms with E-state index in [9.17, 15) is 8.96 Å². The molecular weight excluding hydrogens is 458 g/mol. The van der Waals surface area contributed by atoms with Crippen molar-refractivity contribution in [3.05, 3.63) is 83.3 Å². The van der Waals surface area contributed by atoms with Crippen molar-refractivity contribution >= 4 is 29.6 Å². The molecule has 4 aromatic rings. The molecule has 1 aromatic heterocycles. The van der Waals surface area contributed by atoms with Crippen LogP contribution in [0.2, 0.25) is 0 Å². The molecule has 6 heteroatoms. The summed E-state index contributed by atoms with van der Waals surface area (Å²) in [5, 5.41) is 2.05. The summed E-state index contributed by atoms with van der Waals surface area (Å²) in [4.78, 5) is 4.49. The molecule has 35 heavy (non-hydrogen) atoms. The van der Waals surface area contributed by atoms with Crippen molar-refractivity contribution in [1.82, 2.24) is 4.57 Å². The van der Waals surface area contributed by atoms with Crippen LogP contribution in [0.3, 0.4) is 0 Å². The van der Waals surface area contributed by atoms with E-state index in [1.165, 1.54) is 34.3 Å². The van der Waals surface area contributed by atoms with Crippen molar-refractivity contribution in [2.24, 2.45) is 4.99 Å². The SMILES string of the molecule is CP(C)(=O)c1ccc(-c2c(C3CCOCC3)n(-c3ccc(F)cc3)c3cc4c(cc23)CN=C4)cc1. The van der Waals surface area contributed by atoms with Gasteiger partial charge in [-0.05, 0) is 79.3 Å². The Morgan fingerprint density at radius 2 is 1.71 bits per heavy atom. The Morgan fingerprint density at radius 1 is 1.00 bits per heavy atom. The number of halogens is 1. The highest BCUT2D eigenvalue weighted by atomic mass is 31.2. The molecule has 0 radical (unpaired) electrons. The lowest BCUT2D eigenvalue weighted by Gasteiger charge is -2.26. The second kappa shape index (κ2) is 8.58. The smallest absolute Gasteiger partial charge is 0.123 e. The van der Waals surface area contributed by atoms with Crippen molar-refractivity contribution in [2.75, 3.05) is 26.5 Å². The third-order valence-electron chi connectivity index (χ3n) is 7.23. The Labute approximate surface area is 204 Å². The highest BCUT2D eigenvalue weighted by Gasteiger charge is 2.29. The lowest BCUT2D eigenvalue weighted by molar-refractivity contribution is 0.0843. The van der Waals surface area contributed by atoms with E-state index in [0.29, 0.717) is 12.5 Å². The van der Waals surface area contributed by atoms with Gasteiger partial charge < -0.3 is 13.9 Å². The molecule has 3 heterocycles. The normalized spacial score (nSPS) is 16.2. The number of rotatable bonds is 4. The molecule has 0 N–H and O–H groups in total. The fraction of sp³-hybridized carbons (Fsp3) is 0.276. The number of fused-ring (bicyclic) bond motifs is 2. The predicted molar refractivity (Wildman–Crippen MR) is 142 cm³/mol. The highest BCUT2D eigenvalue weighted by Crippen LogP contribution is 2.45. The Kier molecular flexibility index (Phi) is 5.51. The second-order valence-electron chi connectivity index (χ2n) is 9.89. The van der Waals surface area contributed by atoms with E-state index in [4.69, 9.17) is 4.74 Å². The van der Waals surface area contributed by atoms with Crippen LogP contribution in [0.4, 0.5) is 4.39 Å². The van der Waals surface area contributed by atoms with Crippen LogP contribution in [0.15, 0.2) is 65.7 Å². The Hall–Kier alpha value is -3.01. The molecule has 2 aliphatic heterocycles. The lowest BCUT2D eigenvalue weighted by Crippen LogP contribution is -2.17. The fourth-order valence-corrected chi connectivity index (χ4v) is 6.30. The van der Waals surface area contributed by atoms with E-state index in [1.54, 1.807) is 13.3 Å². The standard InChI is InChI=1S/C29H28FN2O2P/c1-35(2,33)25-9-3-19(4-10-25)28-26-15-21-17-31-18-22(21)16-27(26)32(24-7-5-23(30)6-8-24)29(28)20-11-13-34-14-12-20/h3-10,15-16,18,20H,11-14,17H2,1-2H3. The topological polar surface area (TPSA) is 43.6 Å². The minimum absolute atomic E-state index is 0.245. The van der Waals surface area contributed by atoms with Crippen LogP contribution >= 0.6 is 7.14 Å². The number of nitrogens with zero attached hydrogens (tertiary/aromatic N) is 2. The fourth-order valence-electron chi connectivity index (χ4n) is 5.43. The average Bonchev–Trinajstić information content (AvgIpc) is 3.45. The summed E-state index contributed by atoms with van der Waals surface area (Å²) in [5.74, 6) is 0.0630. The van der Waals surface area contributed by atoms with Crippen molar-refractivity contribution in [3.8, 4) is 16.8 Å². The van der Waals surface area contributed by atoms with Crippen LogP contribution < -0.4 is 5.30 Å². The first kappa shape index (κ1) is 22.5. The molecule has 0 bridgehead atoms. The first-order chi connectivity index (χ1) is 16.9. The van der Waals surface area contributed by atoms with Gasteiger partial charge in [0.05, 0.1) is 12.1 Å². The molecule has 1 saturated heterocycles. The van der Waals surface area contributed by atoms with Crippen LogP contribution in [-0.4, -0.2) is 37.3 Å². The van der Waals surface area contributed by atoms with E-state index in [1.807, 2.05) is 30.5 Å². The van der Waals surface area contributed by atoms with Crippen molar-refractivity contribution in [2.45, 2.75) is 25.3 Å². The third-order valence-corrected chi connectivity index (χ3v) is 8.77. The lowest BCUT2D eigenvalue weighted by atomic mass is 9.89. The number of ether oxygens (including phenoxy) is 1. The van der Waals surface area contributed by atoms with Crippen LogP contribution in [0.5, 0.6) is 0 Å². The van der Waals surface area contributed by atoms with Gasteiger partial charge in [-0.3, -0.25) is 4.99 Å². The molecule has 0 amide bonds. The number of hydrogen-bond donors (Lipinski definition) is 0. The maximum Gasteiger partial charge on any atom is 0.123 e. The van der Waals surface area contributed by atoms with Gasteiger partial charge in [0.25, 0.3) is 0 Å². The summed E-state index contributed by atoms with van der Waals surface area (Å²) >= 11 is 0. The summed E-state index contributed by atoms with van der Waals surface area (Å²) in [7, 11) is -2.35. The van der Waals surface area contributed by atoms with Gasteiger partial charge in [0.1, 0.15) is 13.0 Å². The Bertz CT molecular complexity index is 1490. The predicted octanol–water partition coefficient (Wildman–Crippen LogP) is 6.51. The molecular formula is C29H28FN2O2P. The molecule has 0 unspecified atom stereocenters. The molecule has 2 aliphatic rings. The van der Waals surface area contributed by atoms with Gasteiger partial charge in [-0.2, -0.15) is 0 Å². The first-order valence-electron chi connectivity index (χ1n) is 12.1. The minimum Gasteiger partial charge on any atom is -0.381 e. The van der Waals surface area contributed by atoms with Crippen molar-refractivity contribution in [3.63, 3.8) is 0 Å². The Morgan fingerprint density at radius 3 is 2.40 bits per heavy atom. The third kappa shape index (κ3) is 3.97. The molecule has 1 fully saturated rings. The molecule has 0 saturated carbocycles. The molecule has 3 aromatic carbocycles. The zero-order chi connectivity index (χ0) is 24.2. The maximum atomic E-state index is 13.9. The molecule has 0 spiro atoms. The second-order valence-corrected chi connectivity index (χ2v) is 13.1. The summed E-state index contributed by atoms with van der Waals surface area (Å²) in [5.41, 5.74) is 7.93. The van der Waals surface area contributed by atoms with Gasteiger partial charge in [0.15, 0.2) is 0 Å². The summed E-state index contributed by atoms with van der Waals surface area (Å²) in [6.45, 7) is 5.75. The summed E-state index contributed by atoms with van der Waals surface area (Å²) in [6, 6.07) is 19.5. The number of hydrogen-bond acceptors (Lipinski definition) is 3. The monoisotopic (exact) mass is 486 g/mol. The van der Waals surface area contributed by atoms with Crippen LogP contribution in [-0.2, 0) is 15.8 Å². The van der Waals surface area contributed by atoms with E-state index in [2.05, 4.69) is 33.8 Å². The van der Waals surface area contributed by atoms with Gasteiger partial charge >= 0.3 is 0 Å². The number of aliphatic imine (C=N–C) groups is 1. The quantitative estimate of drug-likeness (QED) is 0.309. The van der Waals surface area contributed by atoms with Gasteiger partial charge in [-0.1, -0.05) is 24.3 Å². The zero-order valence-corrected chi connectivity index (χ0v) is 20.9. The van der Waals surface area contributed by atoms with Crippen molar-refractivity contribution < 1.29 is 13.7 Å². The van der Waals surface area contributed by atoms with Gasteiger partial charge in [-0.15, -0.1) is 0 Å². The average molecular weight is 487 g/mol. The number of aromatic nitrogens is 1. The first-order valence-corrected chi connectivity index (χ1v) is 14.7. The van der Waals surface area contributed by atoms with Gasteiger partial charge in [-0.25, -0.2) is 4.39 Å². The van der Waals surface area contributed by atoms with E-state index in [0.717, 1.165) is 53.7 Å². The van der Waals surface area contributed by atoms with E-state index < -0.39 is 7.14 Å². The molecule has 4 nitrogen and oxygen atoms in total. The summed E-state index contributed by atoms with van der Waals surface area (Å²) in [6.07, 6.45) is 3.81. The minimum atomic E-state index is -2.35. The van der Waals surface area contributed by atoms with Crippen molar-refractivity contribution in [1.29, 1.82) is 0 Å². The van der Waals surface area contributed by atoms with Gasteiger partial charge in [0.2, 0.25) is 0 Å². The zero-order valence-electron chi connectivity index (χ0n) is 20.0. The Balaban J connectivity index is 1.68. The maximum absolute atomic E-state index is 13.9. The molecule has 0 atom stereocenters. The van der Waals surface area contributed by atoms with Crippen LogP contribution in [0.1, 0.15) is 35.6 Å². The largest absolute Gasteiger partial charge is 0.381 e. The molecule has 6 rings (SSSR count). The van der Waals surface area contributed by atoms with Gasteiger partial charge in [0, 0.05) is 53.0 Å². The van der Waals surface area contributed by atoms with E-state index in [-0.39, 0.29) is 5.82 Å². The summed E-state index contributed by atoms with van der Waals surface area (Å²) < 4.78 is 34.6. The van der Waals surface area contributed by atoms with E-state index >= 15 is 0 Å². The highest BCUT2D eigenvalue weighted by molar-refractivity contribution is 7.70. The van der Waals surface area contributed by atoms with Crippen LogP contribution in [0, 0.1) is 5.82 Å². The number of benzene rings is 3. The van der Waals surface area contributed by atoms with Crippen LogP contribution in [0.25, 0.3) is 27.7 Å². The molecule has 0 aliphatic carbocycles. The molecule has 178 valence electrons.